The second-order valence-corrected chi connectivity index (χ2v) is 3.38. The summed E-state index contributed by atoms with van der Waals surface area (Å²) in [4.78, 5) is 11.1. The van der Waals surface area contributed by atoms with Crippen molar-refractivity contribution >= 4 is 5.78 Å². The number of nitriles is 1. The van der Waals surface area contributed by atoms with Crippen molar-refractivity contribution in [1.29, 1.82) is 5.26 Å². The van der Waals surface area contributed by atoms with E-state index < -0.39 is 0 Å². The van der Waals surface area contributed by atoms with Gasteiger partial charge in [-0.15, -0.1) is 0 Å². The molecule has 0 saturated carbocycles. The molecule has 0 unspecified atom stereocenters. The van der Waals surface area contributed by atoms with Gasteiger partial charge in [0.25, 0.3) is 0 Å². The fourth-order valence-corrected chi connectivity index (χ4v) is 1.17. The number of allylic oxidation sites excluding steroid dienone is 2. The van der Waals surface area contributed by atoms with Crippen LogP contribution in [0.4, 0.5) is 0 Å². The van der Waals surface area contributed by atoms with E-state index in [-0.39, 0.29) is 5.78 Å². The lowest BCUT2D eigenvalue weighted by atomic mass is 10.1. The summed E-state index contributed by atoms with van der Waals surface area (Å²) < 4.78 is 0. The Labute approximate surface area is 86.6 Å². The first kappa shape index (κ1) is 12.9. The van der Waals surface area contributed by atoms with Gasteiger partial charge in [0.15, 0.2) is 5.78 Å². The lowest BCUT2D eigenvalue weighted by Crippen LogP contribution is -1.90. The zero-order valence-electron chi connectivity index (χ0n) is 8.96. The number of rotatable bonds is 8. The van der Waals surface area contributed by atoms with E-state index in [4.69, 9.17) is 5.26 Å². The summed E-state index contributed by atoms with van der Waals surface area (Å²) in [6.07, 6.45) is 10.1. The second-order valence-electron chi connectivity index (χ2n) is 3.38. The van der Waals surface area contributed by atoms with Gasteiger partial charge in [0.1, 0.15) is 0 Å². The lowest BCUT2D eigenvalue weighted by Gasteiger charge is -1.93. The van der Waals surface area contributed by atoms with Gasteiger partial charge in [-0.05, 0) is 18.9 Å². The third kappa shape index (κ3) is 8.99. The summed E-state index contributed by atoms with van der Waals surface area (Å²) >= 11 is 0. The highest BCUT2D eigenvalue weighted by molar-refractivity contribution is 5.89. The van der Waals surface area contributed by atoms with E-state index in [1.165, 1.54) is 19.3 Å². The summed E-state index contributed by atoms with van der Waals surface area (Å²) in [5, 5.41) is 8.26. The first-order valence-corrected chi connectivity index (χ1v) is 5.37. The van der Waals surface area contributed by atoms with E-state index in [2.05, 4.69) is 6.92 Å². The summed E-state index contributed by atoms with van der Waals surface area (Å²) in [6.45, 7) is 2.18. The van der Waals surface area contributed by atoms with Crippen LogP contribution in [0.25, 0.3) is 0 Å². The van der Waals surface area contributed by atoms with E-state index in [0.29, 0.717) is 12.8 Å². The van der Waals surface area contributed by atoms with Gasteiger partial charge in [0.2, 0.25) is 0 Å². The zero-order chi connectivity index (χ0) is 10.6. The second kappa shape index (κ2) is 9.98. The quantitative estimate of drug-likeness (QED) is 0.438. The summed E-state index contributed by atoms with van der Waals surface area (Å²) in [6, 6.07) is 1.96. The topological polar surface area (TPSA) is 40.9 Å². The van der Waals surface area contributed by atoms with Crippen LogP contribution in [0.3, 0.4) is 0 Å². The maximum absolute atomic E-state index is 11.1. The average Bonchev–Trinajstić information content (AvgIpc) is 2.20. The van der Waals surface area contributed by atoms with Gasteiger partial charge < -0.3 is 0 Å². The monoisotopic (exact) mass is 193 g/mol. The summed E-state index contributed by atoms with van der Waals surface area (Å²) in [7, 11) is 0. The molecule has 0 heterocycles. The number of nitrogens with zero attached hydrogens (tertiary/aromatic N) is 1. The fourth-order valence-electron chi connectivity index (χ4n) is 1.17. The smallest absolute Gasteiger partial charge is 0.156 e. The van der Waals surface area contributed by atoms with E-state index in [1.54, 1.807) is 6.08 Å². The first-order valence-electron chi connectivity index (χ1n) is 5.37. The lowest BCUT2D eigenvalue weighted by molar-refractivity contribution is -0.114. The van der Waals surface area contributed by atoms with Crippen molar-refractivity contribution in [1.82, 2.24) is 0 Å². The van der Waals surface area contributed by atoms with Gasteiger partial charge in [0, 0.05) is 12.8 Å². The van der Waals surface area contributed by atoms with Crippen molar-refractivity contribution < 1.29 is 4.79 Å². The Morgan fingerprint density at radius 1 is 1.36 bits per heavy atom. The molecule has 2 nitrogen and oxygen atoms in total. The Morgan fingerprint density at radius 2 is 2.14 bits per heavy atom. The molecular formula is C12H19NO. The van der Waals surface area contributed by atoms with Gasteiger partial charge in [-0.3, -0.25) is 4.79 Å². The standard InChI is InChI=1S/C12H19NO/c1-2-3-4-5-6-7-9-12(14)10-8-11-13/h7,9H,2-6,8,10H2,1H3/b9-7+. The number of hydrogen-bond acceptors (Lipinski definition) is 2. The molecule has 0 spiro atoms. The van der Waals surface area contributed by atoms with Gasteiger partial charge in [-0.1, -0.05) is 32.3 Å². The van der Waals surface area contributed by atoms with Gasteiger partial charge in [-0.2, -0.15) is 5.26 Å². The zero-order valence-corrected chi connectivity index (χ0v) is 8.96. The Kier molecular flexibility index (Phi) is 9.20. The number of carbonyl (C=O) groups excluding carboxylic acids is 1. The molecule has 78 valence electrons. The van der Waals surface area contributed by atoms with Crippen LogP contribution in [-0.2, 0) is 4.79 Å². The highest BCUT2D eigenvalue weighted by Crippen LogP contribution is 2.03. The molecule has 0 N–H and O–H groups in total. The number of carbonyl (C=O) groups is 1. The van der Waals surface area contributed by atoms with E-state index >= 15 is 0 Å². The van der Waals surface area contributed by atoms with Crippen molar-refractivity contribution in [3.63, 3.8) is 0 Å². The van der Waals surface area contributed by atoms with Gasteiger partial charge in [-0.25, -0.2) is 0 Å². The molecule has 2 heteroatoms. The molecule has 0 aliphatic carbocycles. The van der Waals surface area contributed by atoms with E-state index in [9.17, 15) is 4.79 Å². The number of unbranched alkanes of at least 4 members (excludes halogenated alkanes) is 4. The molecule has 0 aromatic heterocycles. The number of hydrogen-bond donors (Lipinski definition) is 0. The molecule has 0 saturated heterocycles. The van der Waals surface area contributed by atoms with Crippen LogP contribution in [0.15, 0.2) is 12.2 Å². The predicted octanol–water partition coefficient (Wildman–Crippen LogP) is 3.39. The molecule has 0 bridgehead atoms. The highest BCUT2D eigenvalue weighted by Gasteiger charge is 1.94. The molecule has 0 amide bonds. The SMILES string of the molecule is CCCCCC/C=C/C(=O)CCC#N. The third-order valence-corrected chi connectivity index (χ3v) is 2.01. The average molecular weight is 193 g/mol. The normalized spacial score (nSPS) is 10.3. The number of ketones is 1. The highest BCUT2D eigenvalue weighted by atomic mass is 16.1. The van der Waals surface area contributed by atoms with Crippen LogP contribution >= 0.6 is 0 Å². The summed E-state index contributed by atoms with van der Waals surface area (Å²) in [5.41, 5.74) is 0. The molecule has 14 heavy (non-hydrogen) atoms. The van der Waals surface area contributed by atoms with Crippen LogP contribution < -0.4 is 0 Å². The van der Waals surface area contributed by atoms with Crippen molar-refractivity contribution in [2.24, 2.45) is 0 Å². The van der Waals surface area contributed by atoms with E-state index in [0.717, 1.165) is 12.8 Å². The minimum atomic E-state index is 0.0713. The largest absolute Gasteiger partial charge is 0.295 e. The van der Waals surface area contributed by atoms with Crippen LogP contribution in [0.2, 0.25) is 0 Å². The summed E-state index contributed by atoms with van der Waals surface area (Å²) in [5.74, 6) is 0.0713. The van der Waals surface area contributed by atoms with Crippen LogP contribution in [0.5, 0.6) is 0 Å². The van der Waals surface area contributed by atoms with E-state index in [1.807, 2.05) is 12.1 Å². The molecule has 0 radical (unpaired) electrons. The Morgan fingerprint density at radius 3 is 2.79 bits per heavy atom. The maximum Gasteiger partial charge on any atom is 0.156 e. The Bertz CT molecular complexity index is 213. The Balaban J connectivity index is 3.34. The van der Waals surface area contributed by atoms with Crippen LogP contribution in [-0.4, -0.2) is 5.78 Å². The fraction of sp³-hybridized carbons (Fsp3) is 0.667. The molecule has 0 aromatic carbocycles. The van der Waals surface area contributed by atoms with Crippen LogP contribution in [0.1, 0.15) is 51.9 Å². The molecule has 0 fully saturated rings. The van der Waals surface area contributed by atoms with Crippen LogP contribution in [0, 0.1) is 11.3 Å². The molecule has 0 aliphatic rings. The first-order chi connectivity index (χ1) is 6.81. The van der Waals surface area contributed by atoms with Crippen molar-refractivity contribution in [3.8, 4) is 6.07 Å². The minimum Gasteiger partial charge on any atom is -0.295 e. The predicted molar refractivity (Wildman–Crippen MR) is 57.8 cm³/mol. The Hall–Kier alpha value is -1.10. The third-order valence-electron chi connectivity index (χ3n) is 2.01. The van der Waals surface area contributed by atoms with Crippen molar-refractivity contribution in [2.45, 2.75) is 51.9 Å². The van der Waals surface area contributed by atoms with Gasteiger partial charge in [0.05, 0.1) is 6.07 Å². The molecule has 0 aromatic rings. The van der Waals surface area contributed by atoms with Crippen molar-refractivity contribution in [3.05, 3.63) is 12.2 Å². The maximum atomic E-state index is 11.1. The van der Waals surface area contributed by atoms with Crippen molar-refractivity contribution in [2.75, 3.05) is 0 Å². The van der Waals surface area contributed by atoms with Gasteiger partial charge >= 0.3 is 0 Å². The molecule has 0 rings (SSSR count). The molecule has 0 atom stereocenters. The molecule has 0 aliphatic heterocycles. The molecular weight excluding hydrogens is 174 g/mol. The minimum absolute atomic E-state index is 0.0713.